The van der Waals surface area contributed by atoms with E-state index >= 15 is 0 Å². The van der Waals surface area contributed by atoms with Crippen molar-refractivity contribution in [2.45, 2.75) is 31.8 Å². The summed E-state index contributed by atoms with van der Waals surface area (Å²) in [5.74, 6) is -0.294. The molecule has 0 saturated carbocycles. The number of likely N-dealkylation sites (tertiary alicyclic amines) is 1. The number of oxazole rings is 1. The predicted molar refractivity (Wildman–Crippen MR) is 91.0 cm³/mol. The zero-order valence-electron chi connectivity index (χ0n) is 14.1. The molecule has 6 nitrogen and oxygen atoms in total. The maximum Gasteiger partial charge on any atom is 0.298 e. The normalized spacial score (nSPS) is 20.5. The highest BCUT2D eigenvalue weighted by Crippen LogP contribution is 2.25. The minimum atomic E-state index is -0.367. The number of hydrogen-bond donors (Lipinski definition) is 0. The van der Waals surface area contributed by atoms with Crippen LogP contribution in [0.5, 0.6) is 0 Å². The molecule has 2 aliphatic heterocycles. The summed E-state index contributed by atoms with van der Waals surface area (Å²) in [7, 11) is 0. The number of nitrogens with zero attached hydrogens (tertiary/aromatic N) is 3. The van der Waals surface area contributed by atoms with Gasteiger partial charge in [0.2, 0.25) is 5.91 Å². The first-order valence-electron chi connectivity index (χ1n) is 8.89. The summed E-state index contributed by atoms with van der Waals surface area (Å²) < 4.78 is 24.8. The highest BCUT2D eigenvalue weighted by Gasteiger charge is 2.27. The molecule has 1 amide bonds. The lowest BCUT2D eigenvalue weighted by atomic mass is 10.2. The fourth-order valence-electron chi connectivity index (χ4n) is 3.50. The summed E-state index contributed by atoms with van der Waals surface area (Å²) in [6.45, 7) is 3.12. The molecule has 0 aliphatic carbocycles. The number of benzene rings is 1. The van der Waals surface area contributed by atoms with Gasteiger partial charge in [0, 0.05) is 32.3 Å². The zero-order chi connectivity index (χ0) is 17.2. The van der Waals surface area contributed by atoms with Crippen molar-refractivity contribution in [1.29, 1.82) is 0 Å². The lowest BCUT2D eigenvalue weighted by Crippen LogP contribution is -2.42. The zero-order valence-corrected chi connectivity index (χ0v) is 14.1. The van der Waals surface area contributed by atoms with Crippen LogP contribution in [0.1, 0.15) is 25.7 Å². The Kier molecular flexibility index (Phi) is 4.57. The lowest BCUT2D eigenvalue weighted by molar-refractivity contribution is -0.128. The van der Waals surface area contributed by atoms with Crippen LogP contribution in [0.4, 0.5) is 10.4 Å². The molecule has 1 unspecified atom stereocenters. The molecule has 0 spiro atoms. The monoisotopic (exact) mass is 347 g/mol. The van der Waals surface area contributed by atoms with E-state index < -0.39 is 0 Å². The summed E-state index contributed by atoms with van der Waals surface area (Å²) in [5.41, 5.74) is 0.975. The molecule has 0 bridgehead atoms. The van der Waals surface area contributed by atoms with E-state index in [1.807, 2.05) is 9.80 Å². The third kappa shape index (κ3) is 3.61. The summed E-state index contributed by atoms with van der Waals surface area (Å²) in [6.07, 6.45) is 4.16. The standard InChI is InChI=1S/C18H22FN3O3/c19-13-5-6-15-16(10-13)25-18(20-15)22(11-14-4-3-9-24-14)12-17(23)21-7-1-2-8-21/h5-6,10,14H,1-4,7-9,11-12H2. The molecule has 2 saturated heterocycles. The Morgan fingerprint density at radius 3 is 2.92 bits per heavy atom. The van der Waals surface area contributed by atoms with E-state index in [0.717, 1.165) is 45.4 Å². The summed E-state index contributed by atoms with van der Waals surface area (Å²) in [4.78, 5) is 20.7. The topological polar surface area (TPSA) is 58.8 Å². The molecule has 25 heavy (non-hydrogen) atoms. The van der Waals surface area contributed by atoms with Crippen LogP contribution >= 0.6 is 0 Å². The third-order valence-electron chi connectivity index (χ3n) is 4.84. The van der Waals surface area contributed by atoms with Crippen molar-refractivity contribution in [3.05, 3.63) is 24.0 Å². The van der Waals surface area contributed by atoms with Gasteiger partial charge >= 0.3 is 0 Å². The SMILES string of the molecule is O=C(CN(CC1CCCO1)c1nc2ccc(F)cc2o1)N1CCCC1. The molecule has 2 aliphatic rings. The van der Waals surface area contributed by atoms with Crippen molar-refractivity contribution in [2.75, 3.05) is 37.7 Å². The van der Waals surface area contributed by atoms with E-state index in [1.54, 1.807) is 6.07 Å². The van der Waals surface area contributed by atoms with E-state index in [1.165, 1.54) is 12.1 Å². The number of fused-ring (bicyclic) bond motifs is 1. The molecular weight excluding hydrogens is 325 g/mol. The highest BCUT2D eigenvalue weighted by molar-refractivity contribution is 5.82. The fraction of sp³-hybridized carbons (Fsp3) is 0.556. The van der Waals surface area contributed by atoms with Crippen LogP contribution in [0.15, 0.2) is 22.6 Å². The van der Waals surface area contributed by atoms with Crippen LogP contribution in [-0.2, 0) is 9.53 Å². The summed E-state index contributed by atoms with van der Waals surface area (Å²) >= 11 is 0. The van der Waals surface area contributed by atoms with E-state index in [-0.39, 0.29) is 24.4 Å². The van der Waals surface area contributed by atoms with Gasteiger partial charge in [0.25, 0.3) is 6.01 Å². The van der Waals surface area contributed by atoms with Gasteiger partial charge in [-0.1, -0.05) is 0 Å². The molecular formula is C18H22FN3O3. The van der Waals surface area contributed by atoms with E-state index in [9.17, 15) is 9.18 Å². The van der Waals surface area contributed by atoms with Gasteiger partial charge in [-0.2, -0.15) is 4.98 Å². The second-order valence-electron chi connectivity index (χ2n) is 6.71. The second kappa shape index (κ2) is 7.00. The maximum atomic E-state index is 13.4. The number of amides is 1. The average Bonchev–Trinajstić information content (AvgIpc) is 3.34. The van der Waals surface area contributed by atoms with E-state index in [4.69, 9.17) is 9.15 Å². The summed E-state index contributed by atoms with van der Waals surface area (Å²) in [6, 6.07) is 4.61. The molecule has 1 aromatic carbocycles. The number of anilines is 1. The summed E-state index contributed by atoms with van der Waals surface area (Å²) in [5, 5.41) is 0. The van der Waals surface area contributed by atoms with Crippen LogP contribution in [0.25, 0.3) is 11.1 Å². The van der Waals surface area contributed by atoms with Crippen LogP contribution in [0.2, 0.25) is 0 Å². The molecule has 7 heteroatoms. The molecule has 0 N–H and O–H groups in total. The van der Waals surface area contributed by atoms with Crippen molar-refractivity contribution in [3.63, 3.8) is 0 Å². The third-order valence-corrected chi connectivity index (χ3v) is 4.84. The number of halogens is 1. The molecule has 4 rings (SSSR count). The minimum Gasteiger partial charge on any atom is -0.423 e. The Balaban J connectivity index is 1.57. The first-order chi connectivity index (χ1) is 12.2. The second-order valence-corrected chi connectivity index (χ2v) is 6.71. The molecule has 2 fully saturated rings. The Morgan fingerprint density at radius 1 is 1.32 bits per heavy atom. The predicted octanol–water partition coefficient (Wildman–Crippen LogP) is 2.57. The van der Waals surface area contributed by atoms with Crippen LogP contribution in [0, 0.1) is 5.82 Å². The lowest BCUT2D eigenvalue weighted by Gasteiger charge is -2.25. The number of rotatable bonds is 5. The number of carbonyl (C=O) groups excluding carboxylic acids is 1. The molecule has 134 valence electrons. The van der Waals surface area contributed by atoms with Gasteiger partial charge in [-0.15, -0.1) is 0 Å². The molecule has 1 aromatic heterocycles. The van der Waals surface area contributed by atoms with E-state index in [2.05, 4.69) is 4.98 Å². The van der Waals surface area contributed by atoms with Crippen molar-refractivity contribution in [2.24, 2.45) is 0 Å². The number of carbonyl (C=O) groups is 1. The highest BCUT2D eigenvalue weighted by atomic mass is 19.1. The number of hydrogen-bond acceptors (Lipinski definition) is 5. The Hall–Kier alpha value is -2.15. The first-order valence-corrected chi connectivity index (χ1v) is 8.89. The van der Waals surface area contributed by atoms with Gasteiger partial charge in [-0.25, -0.2) is 4.39 Å². The van der Waals surface area contributed by atoms with Gasteiger partial charge in [-0.3, -0.25) is 4.79 Å². The molecule has 0 radical (unpaired) electrons. The van der Waals surface area contributed by atoms with Crippen molar-refractivity contribution in [3.8, 4) is 0 Å². The fourth-order valence-corrected chi connectivity index (χ4v) is 3.50. The van der Waals surface area contributed by atoms with Gasteiger partial charge in [0.1, 0.15) is 17.9 Å². The number of ether oxygens (including phenoxy) is 1. The largest absolute Gasteiger partial charge is 0.423 e. The van der Waals surface area contributed by atoms with Gasteiger partial charge < -0.3 is 19.0 Å². The smallest absolute Gasteiger partial charge is 0.298 e. The van der Waals surface area contributed by atoms with Gasteiger partial charge in [0.15, 0.2) is 5.58 Å². The molecule has 3 heterocycles. The van der Waals surface area contributed by atoms with E-state index in [0.29, 0.717) is 23.7 Å². The van der Waals surface area contributed by atoms with Crippen molar-refractivity contribution >= 4 is 23.0 Å². The van der Waals surface area contributed by atoms with Crippen LogP contribution < -0.4 is 4.90 Å². The van der Waals surface area contributed by atoms with Gasteiger partial charge in [-0.05, 0) is 37.8 Å². The number of aromatic nitrogens is 1. The van der Waals surface area contributed by atoms with Crippen LogP contribution in [-0.4, -0.2) is 54.7 Å². The Labute approximate surface area is 145 Å². The quantitative estimate of drug-likeness (QED) is 0.832. The minimum absolute atomic E-state index is 0.0677. The van der Waals surface area contributed by atoms with Crippen LogP contribution in [0.3, 0.4) is 0 Å². The maximum absolute atomic E-state index is 13.4. The van der Waals surface area contributed by atoms with Crippen molar-refractivity contribution < 1.29 is 18.3 Å². The van der Waals surface area contributed by atoms with Gasteiger partial charge in [0.05, 0.1) is 6.10 Å². The first kappa shape index (κ1) is 16.3. The molecule has 1 atom stereocenters. The van der Waals surface area contributed by atoms with Crippen molar-refractivity contribution in [1.82, 2.24) is 9.88 Å². The Morgan fingerprint density at radius 2 is 2.16 bits per heavy atom. The Bertz CT molecular complexity index is 751. The molecule has 2 aromatic rings. The average molecular weight is 347 g/mol.